The van der Waals surface area contributed by atoms with Crippen LogP contribution < -0.4 is 5.32 Å². The Hall–Kier alpha value is -0.310. The number of likely N-dealkylation sites (tertiary alicyclic amines) is 1. The van der Waals surface area contributed by atoms with Crippen LogP contribution in [-0.2, 0) is 0 Å². The Morgan fingerprint density at radius 1 is 1.29 bits per heavy atom. The second kappa shape index (κ2) is 4.11. The van der Waals surface area contributed by atoms with Gasteiger partial charge in [-0.15, -0.1) is 0 Å². The van der Waals surface area contributed by atoms with E-state index in [1.807, 2.05) is 0 Å². The molecule has 2 bridgehead atoms. The van der Waals surface area contributed by atoms with E-state index in [4.69, 9.17) is 12.2 Å². The summed E-state index contributed by atoms with van der Waals surface area (Å²) in [4.78, 5) is 2.45. The molecule has 2 atom stereocenters. The minimum atomic E-state index is 0.434. The average Bonchev–Trinajstić information content (AvgIpc) is 2.33. The second-order valence-electron chi connectivity index (χ2n) is 7.45. The molecule has 2 fully saturated rings. The quantitative estimate of drug-likeness (QED) is 0.724. The number of rotatable bonds is 1. The number of thiocarbonyl (C=S) groups is 1. The summed E-state index contributed by atoms with van der Waals surface area (Å²) in [6.45, 7) is 12.7. The van der Waals surface area contributed by atoms with Crippen LogP contribution in [0.3, 0.4) is 0 Å². The van der Waals surface area contributed by atoms with E-state index in [0.717, 1.165) is 11.7 Å². The van der Waals surface area contributed by atoms with Gasteiger partial charge < -0.3 is 10.2 Å². The Balaban J connectivity index is 2.11. The topological polar surface area (TPSA) is 15.3 Å². The lowest BCUT2D eigenvalue weighted by atomic mass is 9.65. The highest BCUT2D eigenvalue weighted by molar-refractivity contribution is 7.80. The molecule has 1 saturated carbocycles. The highest BCUT2D eigenvalue weighted by atomic mass is 32.1. The Morgan fingerprint density at radius 3 is 2.53 bits per heavy atom. The fourth-order valence-electron chi connectivity index (χ4n) is 4.03. The molecule has 3 heteroatoms. The van der Waals surface area contributed by atoms with Crippen LogP contribution in [0.25, 0.3) is 0 Å². The second-order valence-corrected chi connectivity index (χ2v) is 7.83. The third kappa shape index (κ3) is 2.75. The van der Waals surface area contributed by atoms with Crippen molar-refractivity contribution in [2.45, 2.75) is 66.0 Å². The van der Waals surface area contributed by atoms with Gasteiger partial charge in [-0.1, -0.05) is 20.8 Å². The summed E-state index contributed by atoms with van der Waals surface area (Å²) in [6.07, 6.45) is 3.93. The molecule has 0 unspecified atom stereocenters. The number of hydrogen-bond acceptors (Lipinski definition) is 1. The van der Waals surface area contributed by atoms with Crippen LogP contribution in [-0.4, -0.2) is 28.6 Å². The molecule has 1 aliphatic carbocycles. The number of nitrogens with zero attached hydrogens (tertiary/aromatic N) is 1. The predicted octanol–water partition coefficient (Wildman–Crippen LogP) is 3.17. The smallest absolute Gasteiger partial charge is 0.169 e. The largest absolute Gasteiger partial charge is 0.360 e. The van der Waals surface area contributed by atoms with Gasteiger partial charge >= 0.3 is 0 Å². The van der Waals surface area contributed by atoms with E-state index in [9.17, 15) is 0 Å². The van der Waals surface area contributed by atoms with Gasteiger partial charge in [-0.05, 0) is 56.2 Å². The van der Waals surface area contributed by atoms with Crippen molar-refractivity contribution in [3.05, 3.63) is 0 Å². The summed E-state index contributed by atoms with van der Waals surface area (Å²) in [7, 11) is 0. The summed E-state index contributed by atoms with van der Waals surface area (Å²) >= 11 is 5.55. The average molecular weight is 254 g/mol. The summed E-state index contributed by atoms with van der Waals surface area (Å²) in [5.74, 6) is 0. The fourth-order valence-corrected chi connectivity index (χ4v) is 4.48. The Labute approximate surface area is 111 Å². The van der Waals surface area contributed by atoms with Gasteiger partial charge in [0.05, 0.1) is 0 Å². The molecular weight excluding hydrogens is 228 g/mol. The Bertz CT molecular complexity index is 324. The van der Waals surface area contributed by atoms with Crippen LogP contribution in [0.15, 0.2) is 0 Å². The van der Waals surface area contributed by atoms with Crippen molar-refractivity contribution >= 4 is 17.3 Å². The van der Waals surface area contributed by atoms with Crippen molar-refractivity contribution in [3.8, 4) is 0 Å². The van der Waals surface area contributed by atoms with Gasteiger partial charge in [0.15, 0.2) is 5.11 Å². The normalized spacial score (nSPS) is 35.2. The van der Waals surface area contributed by atoms with Gasteiger partial charge in [0, 0.05) is 18.6 Å². The zero-order chi connectivity index (χ0) is 12.8. The SMILES string of the molecule is CC(C)NC(=S)N1C[C@@]2(C)C[C@H]1CC(C)(C)C2. The number of fused-ring (bicyclic) bond motifs is 2. The molecule has 2 aliphatic rings. The lowest BCUT2D eigenvalue weighted by Crippen LogP contribution is -2.45. The third-order valence-corrected chi connectivity index (χ3v) is 4.44. The first kappa shape index (κ1) is 13.1. The van der Waals surface area contributed by atoms with Crippen LogP contribution in [0.2, 0.25) is 0 Å². The van der Waals surface area contributed by atoms with Gasteiger partial charge in [-0.3, -0.25) is 0 Å². The third-order valence-electron chi connectivity index (χ3n) is 4.09. The summed E-state index contributed by atoms with van der Waals surface area (Å²) < 4.78 is 0. The van der Waals surface area contributed by atoms with E-state index in [1.165, 1.54) is 19.3 Å². The van der Waals surface area contributed by atoms with E-state index in [0.29, 0.717) is 22.9 Å². The van der Waals surface area contributed by atoms with Crippen LogP contribution in [0.5, 0.6) is 0 Å². The van der Waals surface area contributed by atoms with E-state index >= 15 is 0 Å². The van der Waals surface area contributed by atoms with Gasteiger partial charge in [0.25, 0.3) is 0 Å². The maximum absolute atomic E-state index is 5.55. The van der Waals surface area contributed by atoms with Crippen molar-refractivity contribution in [2.75, 3.05) is 6.54 Å². The molecule has 98 valence electrons. The first-order valence-electron chi connectivity index (χ1n) is 6.78. The van der Waals surface area contributed by atoms with Crippen molar-refractivity contribution in [3.63, 3.8) is 0 Å². The fraction of sp³-hybridized carbons (Fsp3) is 0.929. The highest BCUT2D eigenvalue weighted by Gasteiger charge is 2.50. The van der Waals surface area contributed by atoms with Crippen LogP contribution in [0.1, 0.15) is 53.9 Å². The molecule has 2 rings (SSSR count). The molecular formula is C14H26N2S. The predicted molar refractivity (Wildman–Crippen MR) is 77.1 cm³/mol. The van der Waals surface area contributed by atoms with Gasteiger partial charge in [-0.2, -0.15) is 0 Å². The minimum absolute atomic E-state index is 0.434. The molecule has 0 aromatic carbocycles. The minimum Gasteiger partial charge on any atom is -0.360 e. The van der Waals surface area contributed by atoms with Crippen molar-refractivity contribution < 1.29 is 0 Å². The van der Waals surface area contributed by atoms with E-state index in [2.05, 4.69) is 44.8 Å². The van der Waals surface area contributed by atoms with Gasteiger partial charge in [-0.25, -0.2) is 0 Å². The number of hydrogen-bond donors (Lipinski definition) is 1. The van der Waals surface area contributed by atoms with Gasteiger partial charge in [0.2, 0.25) is 0 Å². The van der Waals surface area contributed by atoms with E-state index in [1.54, 1.807) is 0 Å². The molecule has 0 radical (unpaired) electrons. The summed E-state index contributed by atoms with van der Waals surface area (Å²) in [5, 5.41) is 4.36. The molecule has 1 heterocycles. The molecule has 0 aromatic heterocycles. The van der Waals surface area contributed by atoms with Crippen LogP contribution in [0.4, 0.5) is 0 Å². The number of nitrogens with one attached hydrogen (secondary N) is 1. The monoisotopic (exact) mass is 254 g/mol. The first-order chi connectivity index (χ1) is 7.71. The standard InChI is InChI=1S/C14H26N2S/c1-10(2)15-12(17)16-9-14(5)7-11(16)6-13(3,4)8-14/h10-11H,6-9H2,1-5H3,(H,15,17)/t11-,14+/m1/s1. The molecule has 1 aliphatic heterocycles. The van der Waals surface area contributed by atoms with E-state index < -0.39 is 0 Å². The lowest BCUT2D eigenvalue weighted by Gasteiger charge is -2.39. The summed E-state index contributed by atoms with van der Waals surface area (Å²) in [5.41, 5.74) is 0.939. The Kier molecular flexibility index (Phi) is 3.18. The molecule has 1 saturated heterocycles. The molecule has 0 amide bonds. The molecule has 2 nitrogen and oxygen atoms in total. The molecule has 17 heavy (non-hydrogen) atoms. The van der Waals surface area contributed by atoms with Crippen LogP contribution in [0, 0.1) is 10.8 Å². The zero-order valence-electron chi connectivity index (χ0n) is 11.8. The van der Waals surface area contributed by atoms with Crippen molar-refractivity contribution in [1.82, 2.24) is 10.2 Å². The van der Waals surface area contributed by atoms with Crippen molar-refractivity contribution in [2.24, 2.45) is 10.8 Å². The molecule has 1 N–H and O–H groups in total. The summed E-state index contributed by atoms with van der Waals surface area (Å²) in [6, 6.07) is 1.09. The highest BCUT2D eigenvalue weighted by Crippen LogP contribution is 2.52. The maximum atomic E-state index is 5.55. The molecule has 0 spiro atoms. The zero-order valence-corrected chi connectivity index (χ0v) is 12.7. The molecule has 0 aromatic rings. The lowest BCUT2D eigenvalue weighted by molar-refractivity contribution is 0.132. The van der Waals surface area contributed by atoms with E-state index in [-0.39, 0.29) is 0 Å². The Morgan fingerprint density at radius 2 is 1.94 bits per heavy atom. The van der Waals surface area contributed by atoms with Crippen LogP contribution >= 0.6 is 12.2 Å². The van der Waals surface area contributed by atoms with Gasteiger partial charge in [0.1, 0.15) is 0 Å². The first-order valence-corrected chi connectivity index (χ1v) is 7.19. The maximum Gasteiger partial charge on any atom is 0.169 e. The van der Waals surface area contributed by atoms with Crippen molar-refractivity contribution in [1.29, 1.82) is 0 Å².